The zero-order valence-corrected chi connectivity index (χ0v) is 31.3. The van der Waals surface area contributed by atoms with Crippen LogP contribution in [0.2, 0.25) is 0 Å². The number of carbonyl (C=O) groups excluding carboxylic acids is 2. The summed E-state index contributed by atoms with van der Waals surface area (Å²) in [7, 11) is 1.65. The molecule has 0 aliphatic carbocycles. The number of aromatic amines is 2. The summed E-state index contributed by atoms with van der Waals surface area (Å²) in [6, 6.07) is 15.2. The largest absolute Gasteiger partial charge is 0.465 e. The molecule has 0 bridgehead atoms. The maximum atomic E-state index is 13.7. The predicted octanol–water partition coefficient (Wildman–Crippen LogP) is 6.11. The number of imidazole rings is 2. The van der Waals surface area contributed by atoms with Crippen molar-refractivity contribution in [1.29, 1.82) is 0 Å². The quantitative estimate of drug-likeness (QED) is 0.121. The Morgan fingerprint density at radius 1 is 0.811 bits per heavy atom. The fourth-order valence-corrected chi connectivity index (χ4v) is 7.79. The molecule has 2 aromatic heterocycles. The van der Waals surface area contributed by atoms with Gasteiger partial charge in [0.05, 0.1) is 42.5 Å². The topological polar surface area (TPSA) is 160 Å². The van der Waals surface area contributed by atoms with Crippen molar-refractivity contribution in [3.8, 4) is 33.6 Å². The van der Waals surface area contributed by atoms with Crippen molar-refractivity contribution in [3.63, 3.8) is 0 Å². The second-order valence-corrected chi connectivity index (χ2v) is 14.3. The van der Waals surface area contributed by atoms with E-state index in [2.05, 4.69) is 87.5 Å². The van der Waals surface area contributed by atoms with Crippen LogP contribution in [0, 0.1) is 5.92 Å². The number of hydrogen-bond donors (Lipinski definition) is 4. The van der Waals surface area contributed by atoms with Gasteiger partial charge in [-0.05, 0) is 66.9 Å². The number of rotatable bonds is 14. The predicted molar refractivity (Wildman–Crippen MR) is 203 cm³/mol. The SMILES string of the molecule is CCN(CC)[C@@H](COC)C(=O)N1CCC[C@H]1c1ncc(-c2ccc(-c3ccc(-c4cnc([C@@H]5CCCN5C(=O)[C@@H](NC(=O)O)C(C)C)[nH]4)cc3)cc2)[nH]1. The van der Waals surface area contributed by atoms with Crippen LogP contribution in [-0.4, -0.2) is 110 Å². The molecule has 3 amide bonds. The van der Waals surface area contributed by atoms with Crippen LogP contribution in [0.3, 0.4) is 0 Å². The van der Waals surface area contributed by atoms with Gasteiger partial charge in [0.2, 0.25) is 11.8 Å². The lowest BCUT2D eigenvalue weighted by Gasteiger charge is -2.33. The number of carbonyl (C=O) groups is 3. The number of H-pyrrole nitrogens is 2. The minimum absolute atomic E-state index is 0.0900. The fraction of sp³-hybridized carbons (Fsp3) is 0.475. The molecule has 282 valence electrons. The molecule has 0 unspecified atom stereocenters. The number of nitrogens with zero attached hydrogens (tertiary/aromatic N) is 5. The number of hydrogen-bond acceptors (Lipinski definition) is 7. The van der Waals surface area contributed by atoms with Gasteiger partial charge >= 0.3 is 6.09 Å². The summed E-state index contributed by atoms with van der Waals surface area (Å²) in [4.78, 5) is 60.6. The Balaban J connectivity index is 1.11. The summed E-state index contributed by atoms with van der Waals surface area (Å²) in [5.41, 5.74) is 5.90. The first-order valence-corrected chi connectivity index (χ1v) is 18.8. The van der Waals surface area contributed by atoms with Crippen LogP contribution < -0.4 is 5.32 Å². The molecule has 4 aromatic rings. The van der Waals surface area contributed by atoms with Crippen molar-refractivity contribution in [3.05, 3.63) is 72.6 Å². The van der Waals surface area contributed by atoms with Crippen LogP contribution in [0.1, 0.15) is 77.1 Å². The van der Waals surface area contributed by atoms with Crippen molar-refractivity contribution in [2.75, 3.05) is 39.9 Å². The highest BCUT2D eigenvalue weighted by Crippen LogP contribution is 2.35. The Bertz CT molecular complexity index is 1850. The lowest BCUT2D eigenvalue weighted by atomic mass is 10.0. The molecule has 4 atom stereocenters. The number of likely N-dealkylation sites (tertiary alicyclic amines) is 2. The van der Waals surface area contributed by atoms with Gasteiger partial charge in [-0.3, -0.25) is 14.5 Å². The van der Waals surface area contributed by atoms with Crippen molar-refractivity contribution >= 4 is 17.9 Å². The third-order valence-corrected chi connectivity index (χ3v) is 10.7. The number of carboxylic acid groups (broad SMARTS) is 1. The van der Waals surface area contributed by atoms with E-state index in [1.165, 1.54) is 0 Å². The fourth-order valence-electron chi connectivity index (χ4n) is 7.79. The van der Waals surface area contributed by atoms with E-state index in [0.29, 0.717) is 25.5 Å². The van der Waals surface area contributed by atoms with Crippen molar-refractivity contribution in [2.24, 2.45) is 5.92 Å². The van der Waals surface area contributed by atoms with Gasteiger partial charge in [0, 0.05) is 20.2 Å². The maximum absolute atomic E-state index is 13.7. The van der Waals surface area contributed by atoms with Gasteiger partial charge in [0.25, 0.3) is 0 Å². The third kappa shape index (κ3) is 8.16. The number of methoxy groups -OCH3 is 1. The van der Waals surface area contributed by atoms with Gasteiger partial charge in [-0.25, -0.2) is 14.8 Å². The molecular formula is C40H52N8O5. The van der Waals surface area contributed by atoms with Crippen LogP contribution in [0.15, 0.2) is 60.9 Å². The van der Waals surface area contributed by atoms with Gasteiger partial charge in [0.1, 0.15) is 23.7 Å². The molecule has 0 saturated carbocycles. The highest BCUT2D eigenvalue weighted by atomic mass is 16.5. The Morgan fingerprint density at radius 2 is 1.26 bits per heavy atom. The molecular weight excluding hydrogens is 672 g/mol. The van der Waals surface area contributed by atoms with Gasteiger partial charge in [0.15, 0.2) is 0 Å². The Kier molecular flexibility index (Phi) is 11.9. The van der Waals surface area contributed by atoms with E-state index in [1.807, 2.05) is 24.9 Å². The standard InChI is InChI=1S/C40H52N8O5/c1-6-46(7-2)34(24-53-5)38(49)47-20-8-10-32(47)36-41-22-30(43-36)28-16-12-26(13-17-28)27-14-18-29(19-15-27)31-23-42-37(44-31)33-11-9-21-48(33)39(50)35(25(3)4)45-40(51)52/h12-19,22-23,25,32-35,45H,6-11,20-21,24H2,1-5H3,(H,41,43)(H,42,44)(H,51,52)/t32-,33-,34-,35-/m0/s1. The second-order valence-electron chi connectivity index (χ2n) is 14.3. The lowest BCUT2D eigenvalue weighted by Crippen LogP contribution is -2.50. The second kappa shape index (κ2) is 16.8. The summed E-state index contributed by atoms with van der Waals surface area (Å²) in [5.74, 6) is 1.21. The van der Waals surface area contributed by atoms with Crippen molar-refractivity contribution < 1.29 is 24.2 Å². The van der Waals surface area contributed by atoms with Gasteiger partial charge < -0.3 is 34.9 Å². The van der Waals surface area contributed by atoms with Crippen molar-refractivity contribution in [2.45, 2.75) is 77.5 Å². The van der Waals surface area contributed by atoms with Gasteiger partial charge in [-0.2, -0.15) is 0 Å². The first-order chi connectivity index (χ1) is 25.6. The van der Waals surface area contributed by atoms with E-state index in [-0.39, 0.29) is 35.9 Å². The molecule has 6 rings (SSSR count). The molecule has 4 heterocycles. The molecule has 2 aromatic carbocycles. The average molecular weight is 725 g/mol. The number of aromatic nitrogens is 4. The molecule has 2 aliphatic rings. The highest BCUT2D eigenvalue weighted by molar-refractivity contribution is 5.86. The third-order valence-electron chi connectivity index (χ3n) is 10.7. The molecule has 13 heteroatoms. The van der Waals surface area contributed by atoms with Crippen LogP contribution in [0.4, 0.5) is 4.79 Å². The van der Waals surface area contributed by atoms with E-state index >= 15 is 0 Å². The normalized spacial score (nSPS) is 18.5. The maximum Gasteiger partial charge on any atom is 0.405 e. The molecule has 2 saturated heterocycles. The van der Waals surface area contributed by atoms with E-state index in [4.69, 9.17) is 9.72 Å². The Morgan fingerprint density at radius 3 is 1.68 bits per heavy atom. The lowest BCUT2D eigenvalue weighted by molar-refractivity contribution is -0.140. The van der Waals surface area contributed by atoms with Gasteiger partial charge in [-0.15, -0.1) is 0 Å². The Labute approximate surface area is 311 Å². The zero-order valence-electron chi connectivity index (χ0n) is 31.3. The zero-order chi connectivity index (χ0) is 37.6. The molecule has 0 spiro atoms. The Hall–Kier alpha value is -5.01. The summed E-state index contributed by atoms with van der Waals surface area (Å²) < 4.78 is 5.45. The van der Waals surface area contributed by atoms with E-state index in [9.17, 15) is 19.5 Å². The monoisotopic (exact) mass is 724 g/mol. The summed E-state index contributed by atoms with van der Waals surface area (Å²) >= 11 is 0. The molecule has 13 nitrogen and oxygen atoms in total. The average Bonchev–Trinajstić information content (AvgIpc) is 4.00. The molecule has 0 radical (unpaired) electrons. The molecule has 2 aliphatic heterocycles. The number of likely N-dealkylation sites (N-methyl/N-ethyl adjacent to an activating group) is 1. The number of ether oxygens (including phenoxy) is 1. The first-order valence-electron chi connectivity index (χ1n) is 18.8. The summed E-state index contributed by atoms with van der Waals surface area (Å²) in [6.07, 6.45) is 5.83. The van der Waals surface area contributed by atoms with Crippen LogP contribution in [0.25, 0.3) is 33.6 Å². The smallest absolute Gasteiger partial charge is 0.405 e. The van der Waals surface area contributed by atoms with E-state index in [1.54, 1.807) is 18.2 Å². The van der Waals surface area contributed by atoms with Crippen LogP contribution in [-0.2, 0) is 14.3 Å². The minimum atomic E-state index is -1.20. The van der Waals surface area contributed by atoms with Crippen molar-refractivity contribution in [1.82, 2.24) is 40.0 Å². The number of nitrogens with one attached hydrogen (secondary N) is 3. The number of benzene rings is 2. The van der Waals surface area contributed by atoms with E-state index in [0.717, 1.165) is 78.2 Å². The summed E-state index contributed by atoms with van der Waals surface area (Å²) in [6.45, 7) is 11.0. The minimum Gasteiger partial charge on any atom is -0.465 e. The highest BCUT2D eigenvalue weighted by Gasteiger charge is 2.38. The first kappa shape index (κ1) is 37.7. The van der Waals surface area contributed by atoms with Gasteiger partial charge in [-0.1, -0.05) is 76.2 Å². The molecule has 4 N–H and O–H groups in total. The summed E-state index contributed by atoms with van der Waals surface area (Å²) in [5, 5.41) is 11.7. The van der Waals surface area contributed by atoms with Crippen LogP contribution >= 0.6 is 0 Å². The molecule has 2 fully saturated rings. The molecule has 53 heavy (non-hydrogen) atoms. The number of amides is 3. The van der Waals surface area contributed by atoms with Crippen LogP contribution in [0.5, 0.6) is 0 Å². The van der Waals surface area contributed by atoms with E-state index < -0.39 is 12.1 Å².